The number of carbonyl (C=O) groups is 1. The Morgan fingerprint density at radius 2 is 1.85 bits per heavy atom. The molecule has 2 unspecified atom stereocenters. The monoisotopic (exact) mass is 359 g/mol. The van der Waals surface area contributed by atoms with E-state index in [9.17, 15) is 20.1 Å². The van der Waals surface area contributed by atoms with E-state index in [1.807, 2.05) is 30.3 Å². The highest BCUT2D eigenvalue weighted by molar-refractivity contribution is 5.67. The first-order valence-corrected chi connectivity index (χ1v) is 8.53. The third-order valence-corrected chi connectivity index (χ3v) is 4.26. The van der Waals surface area contributed by atoms with E-state index in [0.717, 1.165) is 11.1 Å². The van der Waals surface area contributed by atoms with E-state index in [1.165, 1.54) is 0 Å². The third kappa shape index (κ3) is 5.56. The fourth-order valence-electron chi connectivity index (χ4n) is 2.66. The van der Waals surface area contributed by atoms with Crippen LogP contribution in [-0.4, -0.2) is 34.1 Å². The van der Waals surface area contributed by atoms with E-state index in [4.69, 9.17) is 4.74 Å². The first-order valence-electron chi connectivity index (χ1n) is 8.53. The molecular formula is C20H25NO5. The highest BCUT2D eigenvalue weighted by Gasteiger charge is 2.21. The van der Waals surface area contributed by atoms with Crippen LogP contribution in [0, 0.1) is 6.92 Å². The second kappa shape index (κ2) is 9.91. The van der Waals surface area contributed by atoms with Gasteiger partial charge in [-0.15, -0.1) is 0 Å². The number of nitrogens with one attached hydrogen (secondary N) is 1. The van der Waals surface area contributed by atoms with Crippen LogP contribution in [-0.2, 0) is 18.0 Å². The number of carbonyl (C=O) groups excluding carboxylic acids is 1. The predicted octanol–water partition coefficient (Wildman–Crippen LogP) is 2.20. The molecule has 26 heavy (non-hydrogen) atoms. The summed E-state index contributed by atoms with van der Waals surface area (Å²) in [5.74, 6) is 0. The van der Waals surface area contributed by atoms with Gasteiger partial charge in [0.25, 0.3) is 0 Å². The summed E-state index contributed by atoms with van der Waals surface area (Å²) in [6.45, 7) is 2.00. The molecule has 6 nitrogen and oxygen atoms in total. The fourth-order valence-corrected chi connectivity index (χ4v) is 2.66. The molecule has 0 radical (unpaired) electrons. The van der Waals surface area contributed by atoms with Gasteiger partial charge in [-0.25, -0.2) is 4.79 Å². The van der Waals surface area contributed by atoms with E-state index in [1.54, 1.807) is 25.1 Å². The Bertz CT molecular complexity index is 705. The molecule has 140 valence electrons. The van der Waals surface area contributed by atoms with Gasteiger partial charge < -0.3 is 25.4 Å². The van der Waals surface area contributed by atoms with Crippen molar-refractivity contribution in [3.05, 3.63) is 70.8 Å². The molecule has 0 saturated heterocycles. The zero-order chi connectivity index (χ0) is 18.9. The fraction of sp³-hybridized carbons (Fsp3) is 0.350. The van der Waals surface area contributed by atoms with Crippen LogP contribution in [0.4, 0.5) is 4.79 Å². The van der Waals surface area contributed by atoms with Crippen LogP contribution < -0.4 is 5.32 Å². The molecule has 0 aliphatic carbocycles. The van der Waals surface area contributed by atoms with Crippen molar-refractivity contribution in [1.82, 2.24) is 5.32 Å². The van der Waals surface area contributed by atoms with Crippen LogP contribution in [0.2, 0.25) is 0 Å². The van der Waals surface area contributed by atoms with Crippen molar-refractivity contribution < 1.29 is 24.9 Å². The average molecular weight is 359 g/mol. The number of hydrogen-bond acceptors (Lipinski definition) is 5. The minimum atomic E-state index is -1.09. The standard InChI is InChI=1S/C20H25NO5/c1-14-16(12-22)8-5-9-17(14)19(24)18(23)10-11-21-20(25)26-13-15-6-3-2-4-7-15/h2-9,18-19,22-24H,10-13H2,1H3,(H,21,25). The molecule has 0 bridgehead atoms. The second-order valence-corrected chi connectivity index (χ2v) is 6.08. The van der Waals surface area contributed by atoms with Gasteiger partial charge in [0.05, 0.1) is 12.7 Å². The van der Waals surface area contributed by atoms with E-state index >= 15 is 0 Å². The zero-order valence-electron chi connectivity index (χ0n) is 14.8. The van der Waals surface area contributed by atoms with Crippen molar-refractivity contribution in [3.63, 3.8) is 0 Å². The quantitative estimate of drug-likeness (QED) is 0.579. The van der Waals surface area contributed by atoms with Crippen LogP contribution in [0.3, 0.4) is 0 Å². The summed E-state index contributed by atoms with van der Waals surface area (Å²) in [7, 11) is 0. The molecule has 6 heteroatoms. The van der Waals surface area contributed by atoms with Crippen LogP contribution in [0.1, 0.15) is 34.8 Å². The second-order valence-electron chi connectivity index (χ2n) is 6.08. The molecular weight excluding hydrogens is 334 g/mol. The minimum absolute atomic E-state index is 0.128. The Labute approximate surface area is 153 Å². The summed E-state index contributed by atoms with van der Waals surface area (Å²) in [4.78, 5) is 11.7. The summed E-state index contributed by atoms with van der Waals surface area (Å²) in [5, 5.41) is 32.4. The lowest BCUT2D eigenvalue weighted by atomic mass is 9.95. The van der Waals surface area contributed by atoms with Gasteiger partial charge in [0.2, 0.25) is 0 Å². The molecule has 2 atom stereocenters. The van der Waals surface area contributed by atoms with E-state index in [0.29, 0.717) is 11.1 Å². The number of amides is 1. The third-order valence-electron chi connectivity index (χ3n) is 4.26. The van der Waals surface area contributed by atoms with Crippen LogP contribution in [0.5, 0.6) is 0 Å². The van der Waals surface area contributed by atoms with E-state index < -0.39 is 18.3 Å². The minimum Gasteiger partial charge on any atom is -0.445 e. The molecule has 2 rings (SSSR count). The molecule has 0 aliphatic heterocycles. The maximum Gasteiger partial charge on any atom is 0.407 e. The highest BCUT2D eigenvalue weighted by atomic mass is 16.5. The lowest BCUT2D eigenvalue weighted by Crippen LogP contribution is -2.30. The summed E-state index contributed by atoms with van der Waals surface area (Å²) in [6, 6.07) is 14.5. The number of aliphatic hydroxyl groups excluding tert-OH is 3. The van der Waals surface area contributed by atoms with Crippen LogP contribution in [0.15, 0.2) is 48.5 Å². The number of hydrogen-bond donors (Lipinski definition) is 4. The molecule has 4 N–H and O–H groups in total. The topological polar surface area (TPSA) is 99.0 Å². The SMILES string of the molecule is Cc1c(CO)cccc1C(O)C(O)CCNC(=O)OCc1ccccc1. The molecule has 0 aromatic heterocycles. The van der Waals surface area contributed by atoms with Gasteiger partial charge in [-0.05, 0) is 35.6 Å². The maximum atomic E-state index is 11.7. The predicted molar refractivity (Wildman–Crippen MR) is 97.3 cm³/mol. The lowest BCUT2D eigenvalue weighted by Gasteiger charge is -2.21. The van der Waals surface area contributed by atoms with Crippen LogP contribution in [0.25, 0.3) is 0 Å². The first-order chi connectivity index (χ1) is 12.5. The largest absolute Gasteiger partial charge is 0.445 e. The first kappa shape index (κ1) is 19.9. The van der Waals surface area contributed by atoms with E-state index in [2.05, 4.69) is 5.32 Å². The summed E-state index contributed by atoms with van der Waals surface area (Å²) >= 11 is 0. The summed E-state index contributed by atoms with van der Waals surface area (Å²) in [6.07, 6.45) is -2.54. The Morgan fingerprint density at radius 1 is 1.12 bits per heavy atom. The molecule has 2 aromatic carbocycles. The Balaban J connectivity index is 1.77. The van der Waals surface area contributed by atoms with Gasteiger partial charge in [0, 0.05) is 6.54 Å². The molecule has 0 aliphatic rings. The van der Waals surface area contributed by atoms with Gasteiger partial charge in [-0.2, -0.15) is 0 Å². The Kier molecular flexibility index (Phi) is 7.59. The van der Waals surface area contributed by atoms with Crippen molar-refractivity contribution in [2.45, 2.75) is 38.8 Å². The average Bonchev–Trinajstić information content (AvgIpc) is 2.66. The molecule has 0 saturated carbocycles. The van der Waals surface area contributed by atoms with Gasteiger partial charge in [0.15, 0.2) is 0 Å². The highest BCUT2D eigenvalue weighted by Crippen LogP contribution is 2.24. The number of benzene rings is 2. The molecule has 1 amide bonds. The van der Waals surface area contributed by atoms with Crippen LogP contribution >= 0.6 is 0 Å². The van der Waals surface area contributed by atoms with Gasteiger partial charge in [-0.1, -0.05) is 48.5 Å². The Hall–Kier alpha value is -2.41. The molecule has 0 fully saturated rings. The van der Waals surface area contributed by atoms with Crippen molar-refractivity contribution >= 4 is 6.09 Å². The van der Waals surface area contributed by atoms with Crippen molar-refractivity contribution in [3.8, 4) is 0 Å². The van der Waals surface area contributed by atoms with Crippen molar-refractivity contribution in [2.24, 2.45) is 0 Å². The van der Waals surface area contributed by atoms with Gasteiger partial charge in [-0.3, -0.25) is 0 Å². The van der Waals surface area contributed by atoms with Gasteiger partial charge >= 0.3 is 6.09 Å². The number of alkyl carbamates (subject to hydrolysis) is 1. The number of rotatable bonds is 8. The summed E-state index contributed by atoms with van der Waals surface area (Å²) in [5.41, 5.74) is 2.90. The van der Waals surface area contributed by atoms with Crippen molar-refractivity contribution in [1.29, 1.82) is 0 Å². The molecule has 0 spiro atoms. The van der Waals surface area contributed by atoms with E-state index in [-0.39, 0.29) is 26.2 Å². The smallest absolute Gasteiger partial charge is 0.407 e. The molecule has 0 heterocycles. The normalized spacial score (nSPS) is 13.1. The lowest BCUT2D eigenvalue weighted by molar-refractivity contribution is 0.0132. The zero-order valence-corrected chi connectivity index (χ0v) is 14.8. The number of aliphatic hydroxyl groups is 3. The van der Waals surface area contributed by atoms with Gasteiger partial charge in [0.1, 0.15) is 12.7 Å². The summed E-state index contributed by atoms with van der Waals surface area (Å²) < 4.78 is 5.08. The molecule has 2 aromatic rings. The Morgan fingerprint density at radius 3 is 2.54 bits per heavy atom. The maximum absolute atomic E-state index is 11.7. The van der Waals surface area contributed by atoms with Crippen molar-refractivity contribution in [2.75, 3.05) is 6.54 Å². The number of ether oxygens (including phenoxy) is 1.